The second kappa shape index (κ2) is 8.16. The number of thiocarbonyl (C=S) groups is 1. The molecule has 0 radical (unpaired) electrons. The Balaban J connectivity index is 1.39. The molecule has 156 valence electrons. The molecule has 0 saturated carbocycles. The summed E-state index contributed by atoms with van der Waals surface area (Å²) in [5.74, 6) is 2.91. The summed E-state index contributed by atoms with van der Waals surface area (Å²) < 4.78 is 18.1. The molecule has 2 heterocycles. The fourth-order valence-corrected chi connectivity index (χ4v) is 3.69. The summed E-state index contributed by atoms with van der Waals surface area (Å²) >= 11 is 5.54. The van der Waals surface area contributed by atoms with Crippen LogP contribution in [0.2, 0.25) is 0 Å². The molecular weight excluding hydrogens is 412 g/mol. The lowest BCUT2D eigenvalue weighted by Gasteiger charge is -2.13. The number of hydrogen-bond donors (Lipinski definition) is 2. The Morgan fingerprint density at radius 2 is 1.84 bits per heavy atom. The molecule has 5 rings (SSSR count). The van der Waals surface area contributed by atoms with E-state index in [0.29, 0.717) is 23.4 Å². The molecule has 1 aliphatic rings. The van der Waals surface area contributed by atoms with Gasteiger partial charge in [0.1, 0.15) is 5.75 Å². The van der Waals surface area contributed by atoms with Gasteiger partial charge in [-0.1, -0.05) is 24.3 Å². The van der Waals surface area contributed by atoms with Crippen LogP contribution in [0, 0.1) is 0 Å². The highest BCUT2D eigenvalue weighted by atomic mass is 32.1. The number of anilines is 2. The zero-order valence-corrected chi connectivity index (χ0v) is 17.6. The number of imidazole rings is 1. The first kappa shape index (κ1) is 19.2. The van der Waals surface area contributed by atoms with Gasteiger partial charge in [-0.3, -0.25) is 0 Å². The number of nitrogens with one attached hydrogen (secondary N) is 2. The minimum absolute atomic E-state index is 0.233. The van der Waals surface area contributed by atoms with Gasteiger partial charge in [-0.05, 0) is 54.2 Å². The van der Waals surface area contributed by atoms with E-state index >= 15 is 0 Å². The first-order chi connectivity index (χ1) is 15.2. The third-order valence-corrected chi connectivity index (χ3v) is 5.21. The molecule has 8 heteroatoms. The van der Waals surface area contributed by atoms with Crippen molar-refractivity contribution in [2.75, 3.05) is 24.5 Å². The average Bonchev–Trinajstić information content (AvgIpc) is 3.38. The van der Waals surface area contributed by atoms with Crippen LogP contribution >= 0.6 is 12.2 Å². The van der Waals surface area contributed by atoms with Crippen LogP contribution in [0.15, 0.2) is 66.7 Å². The summed E-state index contributed by atoms with van der Waals surface area (Å²) in [7, 11) is 1.66. The van der Waals surface area contributed by atoms with Crippen molar-refractivity contribution in [2.24, 2.45) is 0 Å². The smallest absolute Gasteiger partial charge is 0.231 e. The van der Waals surface area contributed by atoms with E-state index in [1.807, 2.05) is 66.7 Å². The Labute approximate surface area is 184 Å². The second-order valence-corrected chi connectivity index (χ2v) is 7.41. The number of aromatic nitrogens is 2. The fourth-order valence-electron chi connectivity index (χ4n) is 3.48. The van der Waals surface area contributed by atoms with Gasteiger partial charge in [0.2, 0.25) is 12.7 Å². The van der Waals surface area contributed by atoms with Crippen molar-refractivity contribution >= 4 is 40.0 Å². The van der Waals surface area contributed by atoms with Gasteiger partial charge < -0.3 is 29.4 Å². The van der Waals surface area contributed by atoms with Crippen molar-refractivity contribution in [1.29, 1.82) is 0 Å². The lowest BCUT2D eigenvalue weighted by atomic mass is 10.2. The van der Waals surface area contributed by atoms with E-state index in [1.165, 1.54) is 0 Å². The standard InChI is InChI=1S/C23H20N4O3S/c1-28-17-9-6-15(7-10-17)13-27-19-5-3-2-4-18(19)25-22(27)26-23(31)24-16-8-11-20-21(12-16)30-14-29-20/h2-12H,13-14H2,1H3,(H2,24,25,26,31). The SMILES string of the molecule is COc1ccc(Cn2c(NC(=S)Nc3ccc4c(c3)OCO4)nc3ccccc32)cc1. The summed E-state index contributed by atoms with van der Waals surface area (Å²) in [5.41, 5.74) is 3.84. The van der Waals surface area contributed by atoms with Crippen molar-refractivity contribution in [3.05, 3.63) is 72.3 Å². The third kappa shape index (κ3) is 3.97. The molecule has 31 heavy (non-hydrogen) atoms. The Bertz CT molecular complexity index is 1250. The van der Waals surface area contributed by atoms with Crippen molar-refractivity contribution < 1.29 is 14.2 Å². The van der Waals surface area contributed by atoms with Crippen LogP contribution in [-0.4, -0.2) is 28.6 Å². The lowest BCUT2D eigenvalue weighted by Crippen LogP contribution is -2.21. The molecular formula is C23H20N4O3S. The van der Waals surface area contributed by atoms with Crippen LogP contribution in [0.25, 0.3) is 11.0 Å². The molecule has 4 aromatic rings. The second-order valence-electron chi connectivity index (χ2n) is 7.01. The van der Waals surface area contributed by atoms with Gasteiger partial charge in [0.15, 0.2) is 16.6 Å². The van der Waals surface area contributed by atoms with E-state index in [1.54, 1.807) is 7.11 Å². The topological polar surface area (TPSA) is 69.6 Å². The molecule has 0 fully saturated rings. The first-order valence-electron chi connectivity index (χ1n) is 9.75. The molecule has 1 aliphatic heterocycles. The van der Waals surface area contributed by atoms with Gasteiger partial charge in [-0.2, -0.15) is 0 Å². The molecule has 0 aliphatic carbocycles. The van der Waals surface area contributed by atoms with Crippen LogP contribution in [0.4, 0.5) is 11.6 Å². The maximum atomic E-state index is 5.54. The van der Waals surface area contributed by atoms with E-state index < -0.39 is 0 Å². The average molecular weight is 433 g/mol. The monoisotopic (exact) mass is 432 g/mol. The summed E-state index contributed by atoms with van der Waals surface area (Å²) in [6.07, 6.45) is 0. The fraction of sp³-hybridized carbons (Fsp3) is 0.130. The normalized spacial score (nSPS) is 12.0. The number of hydrogen-bond acceptors (Lipinski definition) is 5. The van der Waals surface area contributed by atoms with Crippen molar-refractivity contribution in [2.45, 2.75) is 6.54 Å². The quantitative estimate of drug-likeness (QED) is 0.446. The Morgan fingerprint density at radius 3 is 2.68 bits per heavy atom. The van der Waals surface area contributed by atoms with Gasteiger partial charge >= 0.3 is 0 Å². The summed E-state index contributed by atoms with van der Waals surface area (Å²) in [4.78, 5) is 4.74. The lowest BCUT2D eigenvalue weighted by molar-refractivity contribution is 0.174. The zero-order valence-electron chi connectivity index (χ0n) is 16.8. The first-order valence-corrected chi connectivity index (χ1v) is 10.2. The molecule has 0 amide bonds. The van der Waals surface area contributed by atoms with Crippen molar-refractivity contribution in [3.63, 3.8) is 0 Å². The minimum atomic E-state index is 0.233. The van der Waals surface area contributed by atoms with E-state index in [2.05, 4.69) is 15.2 Å². The largest absolute Gasteiger partial charge is 0.497 e. The predicted octanol–water partition coefficient (Wildman–Crippen LogP) is 4.63. The van der Waals surface area contributed by atoms with Gasteiger partial charge in [0.05, 0.1) is 24.7 Å². The molecule has 2 N–H and O–H groups in total. The number of para-hydroxylation sites is 2. The van der Waals surface area contributed by atoms with Crippen LogP contribution in [0.5, 0.6) is 17.2 Å². The molecule has 0 bridgehead atoms. The van der Waals surface area contributed by atoms with Gasteiger partial charge in [-0.25, -0.2) is 4.98 Å². The Kier molecular flexibility index (Phi) is 5.05. The van der Waals surface area contributed by atoms with E-state index in [4.69, 9.17) is 31.4 Å². The number of fused-ring (bicyclic) bond motifs is 2. The Morgan fingerprint density at radius 1 is 1.03 bits per heavy atom. The maximum absolute atomic E-state index is 5.54. The van der Waals surface area contributed by atoms with Gasteiger partial charge in [0, 0.05) is 11.8 Å². The summed E-state index contributed by atoms with van der Waals surface area (Å²) in [6.45, 7) is 0.871. The highest BCUT2D eigenvalue weighted by Crippen LogP contribution is 2.34. The van der Waals surface area contributed by atoms with Gasteiger partial charge in [0.25, 0.3) is 0 Å². The van der Waals surface area contributed by atoms with E-state index in [-0.39, 0.29) is 6.79 Å². The number of ether oxygens (including phenoxy) is 3. The van der Waals surface area contributed by atoms with Crippen molar-refractivity contribution in [3.8, 4) is 17.2 Å². The van der Waals surface area contributed by atoms with Crippen LogP contribution < -0.4 is 24.8 Å². The van der Waals surface area contributed by atoms with Crippen LogP contribution in [0.3, 0.4) is 0 Å². The third-order valence-electron chi connectivity index (χ3n) is 5.01. The molecule has 1 aromatic heterocycles. The number of rotatable bonds is 5. The molecule has 0 saturated heterocycles. The van der Waals surface area contributed by atoms with E-state index in [9.17, 15) is 0 Å². The van der Waals surface area contributed by atoms with E-state index in [0.717, 1.165) is 33.8 Å². The minimum Gasteiger partial charge on any atom is -0.497 e. The highest BCUT2D eigenvalue weighted by Gasteiger charge is 2.15. The number of benzene rings is 3. The van der Waals surface area contributed by atoms with Crippen LogP contribution in [0.1, 0.15) is 5.56 Å². The molecule has 0 unspecified atom stereocenters. The van der Waals surface area contributed by atoms with Crippen LogP contribution in [-0.2, 0) is 6.54 Å². The molecule has 0 spiro atoms. The molecule has 3 aromatic carbocycles. The predicted molar refractivity (Wildman–Crippen MR) is 124 cm³/mol. The van der Waals surface area contributed by atoms with Crippen molar-refractivity contribution in [1.82, 2.24) is 9.55 Å². The highest BCUT2D eigenvalue weighted by molar-refractivity contribution is 7.80. The van der Waals surface area contributed by atoms with Gasteiger partial charge in [-0.15, -0.1) is 0 Å². The summed E-state index contributed by atoms with van der Waals surface area (Å²) in [6, 6.07) is 21.6. The molecule has 0 atom stereocenters. The Hall–Kier alpha value is -3.78. The maximum Gasteiger partial charge on any atom is 0.231 e. The zero-order chi connectivity index (χ0) is 21.2. The number of nitrogens with zero attached hydrogens (tertiary/aromatic N) is 2. The number of methoxy groups -OCH3 is 1. The molecule has 7 nitrogen and oxygen atoms in total. The summed E-state index contributed by atoms with van der Waals surface area (Å²) in [5, 5.41) is 6.86.